The van der Waals surface area contributed by atoms with Crippen LogP contribution in [0.2, 0.25) is 0 Å². The Morgan fingerprint density at radius 2 is 1.96 bits per heavy atom. The number of thioether (sulfide) groups is 1. The smallest absolute Gasteiger partial charge is 0.191 e. The van der Waals surface area contributed by atoms with Gasteiger partial charge in [0.15, 0.2) is 11.0 Å². The minimum absolute atomic E-state index is 0.607. The quantitative estimate of drug-likeness (QED) is 0.619. The molecule has 0 radical (unpaired) electrons. The van der Waals surface area contributed by atoms with Crippen LogP contribution in [-0.2, 0) is 6.54 Å². The van der Waals surface area contributed by atoms with Crippen molar-refractivity contribution in [1.29, 1.82) is 0 Å². The Bertz CT molecular complexity index is 762. The zero-order valence-electron chi connectivity index (χ0n) is 13.7. The number of aryl methyl sites for hydroxylation is 1. The Morgan fingerprint density at radius 3 is 2.65 bits per heavy atom. The fraction of sp³-hybridized carbons (Fsp3) is 0.333. The number of rotatable bonds is 6. The molecule has 0 atom stereocenters. The molecule has 0 aliphatic carbocycles. The Kier molecular flexibility index (Phi) is 4.86. The topological polar surface area (TPSA) is 43.9 Å². The van der Waals surface area contributed by atoms with Crippen LogP contribution in [0.25, 0.3) is 11.4 Å². The van der Waals surface area contributed by atoms with E-state index in [1.54, 1.807) is 18.0 Å². The summed E-state index contributed by atoms with van der Waals surface area (Å²) in [6, 6.07) is 12.2. The van der Waals surface area contributed by atoms with Gasteiger partial charge >= 0.3 is 0 Å². The van der Waals surface area contributed by atoms with Crippen LogP contribution in [0, 0.1) is 12.8 Å². The lowest BCUT2D eigenvalue weighted by molar-refractivity contribution is 0.485. The van der Waals surface area contributed by atoms with Crippen molar-refractivity contribution in [2.24, 2.45) is 5.92 Å². The van der Waals surface area contributed by atoms with E-state index in [1.165, 1.54) is 5.56 Å². The second-order valence-corrected chi connectivity index (χ2v) is 6.98. The Morgan fingerprint density at radius 1 is 1.13 bits per heavy atom. The summed E-state index contributed by atoms with van der Waals surface area (Å²) in [7, 11) is 0. The van der Waals surface area contributed by atoms with Gasteiger partial charge in [0.2, 0.25) is 0 Å². The molecule has 0 spiro atoms. The SMILES string of the molecule is Cc1ccccc1-c1nnc(SCC(C)C)n1Cc1ccco1. The average molecular weight is 327 g/mol. The highest BCUT2D eigenvalue weighted by Gasteiger charge is 2.17. The van der Waals surface area contributed by atoms with Crippen molar-refractivity contribution in [3.63, 3.8) is 0 Å². The van der Waals surface area contributed by atoms with Gasteiger partial charge in [0.05, 0.1) is 12.8 Å². The van der Waals surface area contributed by atoms with Crippen molar-refractivity contribution in [2.45, 2.75) is 32.5 Å². The minimum atomic E-state index is 0.607. The van der Waals surface area contributed by atoms with Crippen molar-refractivity contribution in [1.82, 2.24) is 14.8 Å². The summed E-state index contributed by atoms with van der Waals surface area (Å²) >= 11 is 1.75. The van der Waals surface area contributed by atoms with E-state index in [2.05, 4.69) is 47.7 Å². The lowest BCUT2D eigenvalue weighted by Crippen LogP contribution is -2.05. The summed E-state index contributed by atoms with van der Waals surface area (Å²) in [6.07, 6.45) is 1.70. The number of hydrogen-bond donors (Lipinski definition) is 0. The average Bonchev–Trinajstić information content (AvgIpc) is 3.16. The molecule has 2 heterocycles. The molecule has 0 saturated carbocycles. The molecule has 5 heteroatoms. The molecule has 0 unspecified atom stereocenters. The van der Waals surface area contributed by atoms with Gasteiger partial charge in [-0.1, -0.05) is 49.9 Å². The highest BCUT2D eigenvalue weighted by molar-refractivity contribution is 7.99. The van der Waals surface area contributed by atoms with Gasteiger partial charge in [-0.25, -0.2) is 0 Å². The summed E-state index contributed by atoms with van der Waals surface area (Å²) in [5.74, 6) is 3.43. The molecule has 0 aliphatic heterocycles. The zero-order valence-corrected chi connectivity index (χ0v) is 14.5. The van der Waals surface area contributed by atoms with Crippen molar-refractivity contribution in [3.8, 4) is 11.4 Å². The predicted molar refractivity (Wildman–Crippen MR) is 93.6 cm³/mol. The number of nitrogens with zero attached hydrogens (tertiary/aromatic N) is 3. The lowest BCUT2D eigenvalue weighted by atomic mass is 10.1. The summed E-state index contributed by atoms with van der Waals surface area (Å²) in [6.45, 7) is 7.16. The molecule has 0 N–H and O–H groups in total. The largest absolute Gasteiger partial charge is 0.467 e. The highest BCUT2D eigenvalue weighted by Crippen LogP contribution is 2.28. The van der Waals surface area contributed by atoms with Crippen LogP contribution >= 0.6 is 11.8 Å². The zero-order chi connectivity index (χ0) is 16.2. The third-order valence-electron chi connectivity index (χ3n) is 3.54. The first kappa shape index (κ1) is 15.9. The molecule has 0 amide bonds. The highest BCUT2D eigenvalue weighted by atomic mass is 32.2. The second kappa shape index (κ2) is 7.04. The molecule has 3 aromatic rings. The maximum atomic E-state index is 5.52. The lowest BCUT2D eigenvalue weighted by Gasteiger charge is -2.11. The van der Waals surface area contributed by atoms with Crippen LogP contribution in [-0.4, -0.2) is 20.5 Å². The summed E-state index contributed by atoms with van der Waals surface area (Å²) in [5, 5.41) is 9.81. The Balaban J connectivity index is 2.00. The minimum Gasteiger partial charge on any atom is -0.467 e. The summed E-state index contributed by atoms with van der Waals surface area (Å²) < 4.78 is 7.67. The summed E-state index contributed by atoms with van der Waals surface area (Å²) in [5.41, 5.74) is 2.31. The molecule has 1 aromatic carbocycles. The van der Waals surface area contributed by atoms with E-state index in [4.69, 9.17) is 4.42 Å². The van der Waals surface area contributed by atoms with Crippen LogP contribution in [0.1, 0.15) is 25.2 Å². The van der Waals surface area contributed by atoms with E-state index in [0.29, 0.717) is 12.5 Å². The van der Waals surface area contributed by atoms with E-state index in [9.17, 15) is 0 Å². The molecule has 0 saturated heterocycles. The van der Waals surface area contributed by atoms with Crippen molar-refractivity contribution >= 4 is 11.8 Å². The van der Waals surface area contributed by atoms with Crippen LogP contribution in [0.15, 0.2) is 52.2 Å². The molecular weight excluding hydrogens is 306 g/mol. The number of benzene rings is 1. The first-order valence-corrected chi connectivity index (χ1v) is 8.78. The van der Waals surface area contributed by atoms with Gasteiger partial charge in [-0.15, -0.1) is 10.2 Å². The summed E-state index contributed by atoms with van der Waals surface area (Å²) in [4.78, 5) is 0. The second-order valence-electron chi connectivity index (χ2n) is 5.99. The number of aromatic nitrogens is 3. The first-order chi connectivity index (χ1) is 11.1. The third-order valence-corrected chi connectivity index (χ3v) is 4.94. The molecule has 0 fully saturated rings. The van der Waals surface area contributed by atoms with Crippen LogP contribution in [0.5, 0.6) is 0 Å². The molecule has 3 rings (SSSR count). The fourth-order valence-electron chi connectivity index (χ4n) is 2.36. The molecule has 120 valence electrons. The van der Waals surface area contributed by atoms with Gasteiger partial charge in [-0.05, 0) is 30.5 Å². The fourth-order valence-corrected chi connectivity index (χ4v) is 3.25. The number of furan rings is 1. The van der Waals surface area contributed by atoms with Crippen molar-refractivity contribution < 1.29 is 4.42 Å². The van der Waals surface area contributed by atoms with E-state index < -0.39 is 0 Å². The number of hydrogen-bond acceptors (Lipinski definition) is 4. The van der Waals surface area contributed by atoms with E-state index in [-0.39, 0.29) is 0 Å². The molecule has 23 heavy (non-hydrogen) atoms. The van der Waals surface area contributed by atoms with E-state index in [0.717, 1.165) is 28.1 Å². The first-order valence-electron chi connectivity index (χ1n) is 7.79. The van der Waals surface area contributed by atoms with E-state index in [1.807, 2.05) is 24.3 Å². The molecule has 4 nitrogen and oxygen atoms in total. The Labute approximate surface area is 140 Å². The van der Waals surface area contributed by atoms with Crippen LogP contribution in [0.3, 0.4) is 0 Å². The van der Waals surface area contributed by atoms with Crippen molar-refractivity contribution in [2.75, 3.05) is 5.75 Å². The van der Waals surface area contributed by atoms with Crippen molar-refractivity contribution in [3.05, 3.63) is 54.0 Å². The monoisotopic (exact) mass is 327 g/mol. The van der Waals surface area contributed by atoms with E-state index >= 15 is 0 Å². The maximum Gasteiger partial charge on any atom is 0.191 e. The van der Waals surface area contributed by atoms with Gasteiger partial charge < -0.3 is 4.42 Å². The van der Waals surface area contributed by atoms with Gasteiger partial charge in [-0.2, -0.15) is 0 Å². The molecule has 0 aliphatic rings. The molecule has 0 bridgehead atoms. The normalized spacial score (nSPS) is 11.3. The Hall–Kier alpha value is -2.01. The van der Waals surface area contributed by atoms with Gasteiger partial charge in [0.1, 0.15) is 5.76 Å². The van der Waals surface area contributed by atoms with Crippen LogP contribution < -0.4 is 0 Å². The maximum absolute atomic E-state index is 5.52. The van der Waals surface area contributed by atoms with Gasteiger partial charge in [-0.3, -0.25) is 4.57 Å². The van der Waals surface area contributed by atoms with Crippen LogP contribution in [0.4, 0.5) is 0 Å². The standard InChI is InChI=1S/C18H21N3OS/c1-13(2)12-23-18-20-19-17(16-9-5-4-7-14(16)3)21(18)11-15-8-6-10-22-15/h4-10,13H,11-12H2,1-3H3. The van der Waals surface area contributed by atoms with Gasteiger partial charge in [0.25, 0.3) is 0 Å². The predicted octanol–water partition coefficient (Wildman–Crippen LogP) is 4.64. The van der Waals surface area contributed by atoms with Gasteiger partial charge in [0, 0.05) is 11.3 Å². The third kappa shape index (κ3) is 3.67. The molecular formula is C18H21N3OS. The molecule has 2 aromatic heterocycles.